The molecule has 2 heteroatoms. The fourth-order valence-corrected chi connectivity index (χ4v) is 0. The van der Waals surface area contributed by atoms with Crippen LogP contribution in [0.5, 0.6) is 0 Å². The zero-order chi connectivity index (χ0) is 5.21. The van der Waals surface area contributed by atoms with Crippen LogP contribution in [0.15, 0.2) is 0 Å². The Hall–Kier alpha value is 0.177. The predicted molar refractivity (Wildman–Crippen MR) is 40.1 cm³/mol. The Kier molecular flexibility index (Phi) is 4.69. The van der Waals surface area contributed by atoms with Gasteiger partial charge < -0.3 is 5.32 Å². The van der Waals surface area contributed by atoms with E-state index in [4.69, 9.17) is 0 Å². The quantitative estimate of drug-likeness (QED) is 0.426. The second-order valence-electron chi connectivity index (χ2n) is 2.50. The molecule has 0 radical (unpaired) electrons. The first-order valence-corrected chi connectivity index (χ1v) is 2.25. The molecule has 1 nitrogen and oxygen atoms in total. The second-order valence-corrected chi connectivity index (χ2v) is 2.50. The van der Waals surface area contributed by atoms with E-state index in [2.05, 4.69) is 26.1 Å². The molecular formula is C5H17NSi. The molecule has 0 rings (SSSR count). The minimum absolute atomic E-state index is 0. The van der Waals surface area contributed by atoms with Crippen molar-refractivity contribution in [3.05, 3.63) is 0 Å². The molecule has 0 amide bonds. The van der Waals surface area contributed by atoms with E-state index < -0.39 is 0 Å². The van der Waals surface area contributed by atoms with E-state index in [1.54, 1.807) is 0 Å². The van der Waals surface area contributed by atoms with Gasteiger partial charge in [-0.05, 0) is 38.8 Å². The molecule has 0 bridgehead atoms. The van der Waals surface area contributed by atoms with Gasteiger partial charge in [0.15, 0.2) is 0 Å². The van der Waals surface area contributed by atoms with Crippen LogP contribution in [-0.2, 0) is 0 Å². The number of nitrogens with one attached hydrogen (secondary N) is 1. The third-order valence-electron chi connectivity index (χ3n) is 0.750. The molecule has 0 aromatic heterocycles. The van der Waals surface area contributed by atoms with Crippen LogP contribution < -0.4 is 5.32 Å². The van der Waals surface area contributed by atoms with Crippen molar-refractivity contribution in [2.24, 2.45) is 0 Å². The number of hydrogen-bond acceptors (Lipinski definition) is 1. The molecule has 0 unspecified atom stereocenters. The van der Waals surface area contributed by atoms with Gasteiger partial charge in [-0.15, -0.1) is 0 Å². The summed E-state index contributed by atoms with van der Waals surface area (Å²) >= 11 is 0. The van der Waals surface area contributed by atoms with Crippen LogP contribution in [0.2, 0.25) is 0 Å². The predicted octanol–water partition coefficient (Wildman–Crippen LogP) is -0.447. The summed E-state index contributed by atoms with van der Waals surface area (Å²) in [5, 5.41) is 3.10. The molecule has 0 aliphatic carbocycles. The Morgan fingerprint density at radius 2 is 1.29 bits per heavy atom. The molecule has 0 aromatic rings. The van der Waals surface area contributed by atoms with Crippen molar-refractivity contribution in [1.29, 1.82) is 0 Å². The van der Waals surface area contributed by atoms with Crippen molar-refractivity contribution < 1.29 is 0 Å². The lowest BCUT2D eigenvalue weighted by atomic mass is 10.1. The lowest BCUT2D eigenvalue weighted by molar-refractivity contribution is 0.469. The second kappa shape index (κ2) is 3.21. The van der Waals surface area contributed by atoms with Crippen LogP contribution in [0, 0.1) is 0 Å². The molecule has 0 spiro atoms. The SMILES string of the molecule is CNC(C)(C)C.[SiH4]. The van der Waals surface area contributed by atoms with E-state index >= 15 is 0 Å². The fraction of sp³-hybridized carbons (Fsp3) is 1.00. The van der Waals surface area contributed by atoms with Crippen LogP contribution in [0.3, 0.4) is 0 Å². The Morgan fingerprint density at radius 1 is 1.14 bits per heavy atom. The van der Waals surface area contributed by atoms with E-state index in [-0.39, 0.29) is 11.0 Å². The van der Waals surface area contributed by atoms with Crippen LogP contribution in [-0.4, -0.2) is 23.6 Å². The first-order valence-electron chi connectivity index (χ1n) is 2.25. The van der Waals surface area contributed by atoms with Crippen LogP contribution in [0.1, 0.15) is 20.8 Å². The largest absolute Gasteiger partial charge is 0.315 e. The van der Waals surface area contributed by atoms with E-state index in [9.17, 15) is 0 Å². The minimum atomic E-state index is 0. The first kappa shape index (κ1) is 10.2. The summed E-state index contributed by atoms with van der Waals surface area (Å²) < 4.78 is 0. The summed E-state index contributed by atoms with van der Waals surface area (Å²) in [5.41, 5.74) is 0.292. The molecule has 0 saturated heterocycles. The third kappa shape index (κ3) is 10.7. The highest BCUT2D eigenvalue weighted by molar-refractivity contribution is 5.75. The maximum atomic E-state index is 3.10. The Balaban J connectivity index is 0. The maximum Gasteiger partial charge on any atom is 0.00935 e. The summed E-state index contributed by atoms with van der Waals surface area (Å²) in [5.74, 6) is 0. The Bertz CT molecular complexity index is 37.8. The van der Waals surface area contributed by atoms with Gasteiger partial charge in [-0.25, -0.2) is 0 Å². The monoisotopic (exact) mass is 119 g/mol. The Morgan fingerprint density at radius 3 is 1.29 bits per heavy atom. The molecule has 0 aromatic carbocycles. The summed E-state index contributed by atoms with van der Waals surface area (Å²) in [6.07, 6.45) is 0. The molecule has 0 atom stereocenters. The van der Waals surface area contributed by atoms with Gasteiger partial charge in [-0.1, -0.05) is 0 Å². The highest BCUT2D eigenvalue weighted by Crippen LogP contribution is 1.93. The van der Waals surface area contributed by atoms with Gasteiger partial charge in [-0.3, -0.25) is 0 Å². The molecule has 46 valence electrons. The first-order chi connectivity index (χ1) is 2.56. The van der Waals surface area contributed by atoms with E-state index in [1.165, 1.54) is 0 Å². The highest BCUT2D eigenvalue weighted by Gasteiger charge is 2.01. The molecule has 7 heavy (non-hydrogen) atoms. The van der Waals surface area contributed by atoms with Crippen LogP contribution in [0.4, 0.5) is 0 Å². The molecule has 0 heterocycles. The zero-order valence-electron chi connectivity index (χ0n) is 5.00. The van der Waals surface area contributed by atoms with Crippen LogP contribution in [0.25, 0.3) is 0 Å². The Labute approximate surface area is 50.5 Å². The molecule has 0 saturated carbocycles. The van der Waals surface area contributed by atoms with E-state index in [0.29, 0.717) is 5.54 Å². The maximum absolute atomic E-state index is 3.10. The van der Waals surface area contributed by atoms with Gasteiger partial charge in [0.2, 0.25) is 0 Å². The van der Waals surface area contributed by atoms with Gasteiger partial charge in [0.25, 0.3) is 0 Å². The summed E-state index contributed by atoms with van der Waals surface area (Å²) in [6, 6.07) is 0. The van der Waals surface area contributed by atoms with Gasteiger partial charge in [-0.2, -0.15) is 0 Å². The molecule has 1 N–H and O–H groups in total. The van der Waals surface area contributed by atoms with Crippen molar-refractivity contribution in [2.75, 3.05) is 7.05 Å². The molecule has 0 aliphatic heterocycles. The summed E-state index contributed by atoms with van der Waals surface area (Å²) in [7, 11) is 1.96. The van der Waals surface area contributed by atoms with Crippen molar-refractivity contribution in [3.63, 3.8) is 0 Å². The van der Waals surface area contributed by atoms with Gasteiger partial charge in [0.1, 0.15) is 0 Å². The molecule has 0 aliphatic rings. The lowest BCUT2D eigenvalue weighted by Crippen LogP contribution is -2.31. The average molecular weight is 119 g/mol. The zero-order valence-corrected chi connectivity index (χ0v) is 5.00. The molecular weight excluding hydrogens is 102 g/mol. The van der Waals surface area contributed by atoms with E-state index in [1.807, 2.05) is 7.05 Å². The van der Waals surface area contributed by atoms with Crippen molar-refractivity contribution in [2.45, 2.75) is 26.3 Å². The topological polar surface area (TPSA) is 12.0 Å². The standard InChI is InChI=1S/C5H13N.H4Si/c1-5(2,3)6-4;/h6H,1-4H3;1H4. The highest BCUT2D eigenvalue weighted by atomic mass is 28.1. The van der Waals surface area contributed by atoms with Gasteiger partial charge >= 0.3 is 0 Å². The minimum Gasteiger partial charge on any atom is -0.315 e. The lowest BCUT2D eigenvalue weighted by Gasteiger charge is -2.15. The molecule has 0 fully saturated rings. The van der Waals surface area contributed by atoms with Crippen molar-refractivity contribution >= 4 is 11.0 Å². The van der Waals surface area contributed by atoms with Crippen LogP contribution >= 0.6 is 0 Å². The van der Waals surface area contributed by atoms with Crippen molar-refractivity contribution in [3.8, 4) is 0 Å². The van der Waals surface area contributed by atoms with E-state index in [0.717, 1.165) is 0 Å². The van der Waals surface area contributed by atoms with Gasteiger partial charge in [0.05, 0.1) is 0 Å². The normalized spacial score (nSPS) is 10.3. The van der Waals surface area contributed by atoms with Gasteiger partial charge in [0, 0.05) is 5.54 Å². The summed E-state index contributed by atoms with van der Waals surface area (Å²) in [6.45, 7) is 6.40. The van der Waals surface area contributed by atoms with Crippen molar-refractivity contribution in [1.82, 2.24) is 5.32 Å². The average Bonchev–Trinajstić information content (AvgIpc) is 1.35. The summed E-state index contributed by atoms with van der Waals surface area (Å²) in [4.78, 5) is 0. The third-order valence-corrected chi connectivity index (χ3v) is 0.750. The fourth-order valence-electron chi connectivity index (χ4n) is 0. The number of hydrogen-bond donors (Lipinski definition) is 1. The number of rotatable bonds is 0. The smallest absolute Gasteiger partial charge is 0.00935 e.